The van der Waals surface area contributed by atoms with Crippen LogP contribution in [0, 0.1) is 11.3 Å². The molecule has 2 aliphatic rings. The maximum absolute atomic E-state index is 10.8. The fourth-order valence-corrected chi connectivity index (χ4v) is 2.44. The molecular weight excluding hydrogens is 170 g/mol. The zero-order chi connectivity index (χ0) is 9.64. The number of carbonyl (C=O) groups excluding carboxylic acids is 1. The highest BCUT2D eigenvalue weighted by Gasteiger charge is 2.67. The van der Waals surface area contributed by atoms with Gasteiger partial charge in [0.1, 0.15) is 0 Å². The number of carboxylic acids is 1. The van der Waals surface area contributed by atoms with Gasteiger partial charge in [-0.15, -0.1) is 0 Å². The van der Waals surface area contributed by atoms with Gasteiger partial charge in [-0.3, -0.25) is 9.59 Å². The number of carbonyl (C=O) groups is 2. The molecule has 0 aromatic carbocycles. The Kier molecular flexibility index (Phi) is 1.62. The Balaban J connectivity index is 1.96. The topological polar surface area (TPSA) is 66.4 Å². The molecule has 72 valence electrons. The van der Waals surface area contributed by atoms with Crippen molar-refractivity contribution >= 4 is 11.9 Å². The lowest BCUT2D eigenvalue weighted by molar-refractivity contribution is -0.140. The second kappa shape index (κ2) is 2.47. The second-order valence-electron chi connectivity index (χ2n) is 4.12. The smallest absolute Gasteiger partial charge is 0.307 e. The van der Waals surface area contributed by atoms with Crippen LogP contribution in [0.25, 0.3) is 0 Å². The van der Waals surface area contributed by atoms with Crippen molar-refractivity contribution in [3.8, 4) is 0 Å². The van der Waals surface area contributed by atoms with Crippen molar-refractivity contribution in [1.82, 2.24) is 5.32 Å². The van der Waals surface area contributed by atoms with Crippen LogP contribution in [0.15, 0.2) is 0 Å². The molecule has 1 amide bonds. The van der Waals surface area contributed by atoms with E-state index in [-0.39, 0.29) is 23.3 Å². The quantitative estimate of drug-likeness (QED) is 0.650. The van der Waals surface area contributed by atoms with Gasteiger partial charge in [0, 0.05) is 18.4 Å². The van der Waals surface area contributed by atoms with Crippen molar-refractivity contribution < 1.29 is 14.7 Å². The van der Waals surface area contributed by atoms with Crippen molar-refractivity contribution in [2.75, 3.05) is 0 Å². The minimum absolute atomic E-state index is 0.0555. The Morgan fingerprint density at radius 2 is 2.23 bits per heavy atom. The van der Waals surface area contributed by atoms with Crippen LogP contribution in [-0.4, -0.2) is 23.0 Å². The molecule has 0 aliphatic heterocycles. The highest BCUT2D eigenvalue weighted by Crippen LogP contribution is 2.65. The van der Waals surface area contributed by atoms with Gasteiger partial charge in [-0.1, -0.05) is 0 Å². The molecule has 0 heterocycles. The molecule has 1 spiro atoms. The summed E-state index contributed by atoms with van der Waals surface area (Å²) in [7, 11) is 0. The van der Waals surface area contributed by atoms with E-state index >= 15 is 0 Å². The van der Waals surface area contributed by atoms with E-state index < -0.39 is 5.97 Å². The van der Waals surface area contributed by atoms with Crippen LogP contribution in [0.4, 0.5) is 0 Å². The maximum Gasteiger partial charge on any atom is 0.307 e. The average Bonchev–Trinajstić information content (AvgIpc) is 2.74. The number of hydrogen-bond acceptors (Lipinski definition) is 2. The van der Waals surface area contributed by atoms with Gasteiger partial charge in [0.2, 0.25) is 5.91 Å². The van der Waals surface area contributed by atoms with E-state index in [0.29, 0.717) is 0 Å². The van der Waals surface area contributed by atoms with E-state index in [1.54, 1.807) is 0 Å². The van der Waals surface area contributed by atoms with Crippen LogP contribution < -0.4 is 5.32 Å². The molecule has 0 aromatic heterocycles. The molecule has 0 saturated heterocycles. The number of rotatable bonds is 2. The standard InChI is InChI=1S/C9H13NO3/c1-5(11)10-7-2-3-9(7)4-6(9)8(12)13/h6-7H,2-4H2,1H3,(H,10,11)(H,12,13). The van der Waals surface area contributed by atoms with Gasteiger partial charge < -0.3 is 10.4 Å². The summed E-state index contributed by atoms with van der Waals surface area (Å²) in [6, 6.07) is 0.117. The normalized spacial score (nSPS) is 41.0. The van der Waals surface area contributed by atoms with Crippen molar-refractivity contribution in [3.05, 3.63) is 0 Å². The Morgan fingerprint density at radius 1 is 1.54 bits per heavy atom. The molecule has 2 saturated carbocycles. The van der Waals surface area contributed by atoms with Gasteiger partial charge in [-0.05, 0) is 19.3 Å². The zero-order valence-corrected chi connectivity index (χ0v) is 7.54. The molecule has 2 aliphatic carbocycles. The van der Waals surface area contributed by atoms with E-state index in [9.17, 15) is 9.59 Å². The van der Waals surface area contributed by atoms with Gasteiger partial charge in [-0.2, -0.15) is 0 Å². The van der Waals surface area contributed by atoms with Crippen molar-refractivity contribution in [2.45, 2.75) is 32.2 Å². The molecule has 4 nitrogen and oxygen atoms in total. The number of nitrogens with one attached hydrogen (secondary N) is 1. The van der Waals surface area contributed by atoms with Crippen LogP contribution in [0.1, 0.15) is 26.2 Å². The Labute approximate surface area is 76.3 Å². The first-order valence-electron chi connectivity index (χ1n) is 4.56. The molecule has 2 fully saturated rings. The summed E-state index contributed by atoms with van der Waals surface area (Å²) in [6.07, 6.45) is 2.63. The van der Waals surface area contributed by atoms with Gasteiger partial charge in [0.05, 0.1) is 5.92 Å². The van der Waals surface area contributed by atoms with Crippen LogP contribution in [0.5, 0.6) is 0 Å². The largest absolute Gasteiger partial charge is 0.481 e. The Bertz CT molecular complexity index is 276. The monoisotopic (exact) mass is 183 g/mol. The molecule has 3 atom stereocenters. The minimum atomic E-state index is -0.713. The van der Waals surface area contributed by atoms with E-state index in [2.05, 4.69) is 5.32 Å². The lowest BCUT2D eigenvalue weighted by Crippen LogP contribution is -2.49. The molecule has 3 unspecified atom stereocenters. The third-order valence-corrected chi connectivity index (χ3v) is 3.39. The number of carboxylic acid groups (broad SMARTS) is 1. The van der Waals surface area contributed by atoms with Crippen LogP contribution in [-0.2, 0) is 9.59 Å². The molecule has 13 heavy (non-hydrogen) atoms. The summed E-state index contributed by atoms with van der Waals surface area (Å²) in [6.45, 7) is 1.48. The molecule has 4 heteroatoms. The highest BCUT2D eigenvalue weighted by atomic mass is 16.4. The minimum Gasteiger partial charge on any atom is -0.481 e. The zero-order valence-electron chi connectivity index (χ0n) is 7.54. The molecule has 0 radical (unpaired) electrons. The maximum atomic E-state index is 10.8. The van der Waals surface area contributed by atoms with Crippen LogP contribution >= 0.6 is 0 Å². The lowest BCUT2D eigenvalue weighted by Gasteiger charge is -2.38. The first-order chi connectivity index (χ1) is 6.06. The SMILES string of the molecule is CC(=O)NC1CCC12CC2C(=O)O. The molecule has 0 aromatic rings. The average molecular weight is 183 g/mol. The Hall–Kier alpha value is -1.06. The number of hydrogen-bond donors (Lipinski definition) is 2. The third kappa shape index (κ3) is 1.12. The van der Waals surface area contributed by atoms with E-state index in [4.69, 9.17) is 5.11 Å². The summed E-state index contributed by atoms with van der Waals surface area (Å²) in [5.41, 5.74) is -0.0719. The summed E-state index contributed by atoms with van der Waals surface area (Å²) >= 11 is 0. The predicted octanol–water partition coefficient (Wildman–Crippen LogP) is 0.376. The van der Waals surface area contributed by atoms with Crippen LogP contribution in [0.2, 0.25) is 0 Å². The Morgan fingerprint density at radius 3 is 2.54 bits per heavy atom. The highest BCUT2D eigenvalue weighted by molar-refractivity contribution is 5.77. The van der Waals surface area contributed by atoms with E-state index in [0.717, 1.165) is 19.3 Å². The van der Waals surface area contributed by atoms with E-state index in [1.807, 2.05) is 0 Å². The van der Waals surface area contributed by atoms with Gasteiger partial charge >= 0.3 is 5.97 Å². The van der Waals surface area contributed by atoms with Crippen molar-refractivity contribution in [3.63, 3.8) is 0 Å². The number of aliphatic carboxylic acids is 1. The lowest BCUT2D eigenvalue weighted by atomic mass is 9.74. The molecular formula is C9H13NO3. The number of amides is 1. The second-order valence-corrected chi connectivity index (χ2v) is 4.12. The molecule has 0 bridgehead atoms. The molecule has 2 rings (SSSR count). The summed E-state index contributed by atoms with van der Waals surface area (Å²) in [4.78, 5) is 21.5. The van der Waals surface area contributed by atoms with Crippen molar-refractivity contribution in [1.29, 1.82) is 0 Å². The predicted molar refractivity (Wildman–Crippen MR) is 45.0 cm³/mol. The third-order valence-electron chi connectivity index (χ3n) is 3.39. The fourth-order valence-electron chi connectivity index (χ4n) is 2.44. The summed E-state index contributed by atoms with van der Waals surface area (Å²) < 4.78 is 0. The van der Waals surface area contributed by atoms with Gasteiger partial charge in [-0.25, -0.2) is 0 Å². The fraction of sp³-hybridized carbons (Fsp3) is 0.778. The summed E-state index contributed by atoms with van der Waals surface area (Å²) in [5.74, 6) is -0.978. The van der Waals surface area contributed by atoms with E-state index in [1.165, 1.54) is 6.92 Å². The van der Waals surface area contributed by atoms with Gasteiger partial charge in [0.15, 0.2) is 0 Å². The van der Waals surface area contributed by atoms with Crippen molar-refractivity contribution in [2.24, 2.45) is 11.3 Å². The van der Waals surface area contributed by atoms with Gasteiger partial charge in [0.25, 0.3) is 0 Å². The first-order valence-corrected chi connectivity index (χ1v) is 4.56. The first kappa shape index (κ1) is 8.53. The molecule has 2 N–H and O–H groups in total. The van der Waals surface area contributed by atoms with Crippen LogP contribution in [0.3, 0.4) is 0 Å². The summed E-state index contributed by atoms with van der Waals surface area (Å²) in [5, 5.41) is 11.6.